The van der Waals surface area contributed by atoms with E-state index < -0.39 is 0 Å². The van der Waals surface area contributed by atoms with Crippen LogP contribution in [0.25, 0.3) is 0 Å². The lowest BCUT2D eigenvalue weighted by Gasteiger charge is -2.43. The van der Waals surface area contributed by atoms with E-state index in [1.165, 1.54) is 30.5 Å². The summed E-state index contributed by atoms with van der Waals surface area (Å²) in [7, 11) is 3.41. The maximum absolute atomic E-state index is 5.48. The van der Waals surface area contributed by atoms with Crippen LogP contribution in [0.5, 0.6) is 11.5 Å². The molecule has 4 heteroatoms. The molecule has 1 saturated heterocycles. The van der Waals surface area contributed by atoms with Gasteiger partial charge in [0.05, 0.1) is 14.2 Å². The van der Waals surface area contributed by atoms with E-state index in [0.717, 1.165) is 24.5 Å². The van der Waals surface area contributed by atoms with Crippen molar-refractivity contribution in [1.82, 2.24) is 10.0 Å². The number of fused-ring (bicyclic) bond motifs is 1. The number of nitrogens with zero attached hydrogens (tertiary/aromatic N) is 2. The van der Waals surface area contributed by atoms with Gasteiger partial charge < -0.3 is 9.47 Å². The van der Waals surface area contributed by atoms with Gasteiger partial charge in [-0.1, -0.05) is 0 Å². The zero-order valence-corrected chi connectivity index (χ0v) is 13.6. The van der Waals surface area contributed by atoms with Crippen LogP contribution >= 0.6 is 0 Å². The van der Waals surface area contributed by atoms with Gasteiger partial charge in [-0.3, -0.25) is 0 Å². The van der Waals surface area contributed by atoms with Crippen molar-refractivity contribution >= 4 is 0 Å². The number of ether oxygens (including phenoxy) is 2. The first-order valence-electron chi connectivity index (χ1n) is 7.93. The molecular weight excluding hydrogens is 264 g/mol. The lowest BCUT2D eigenvalue weighted by atomic mass is 9.94. The van der Waals surface area contributed by atoms with Gasteiger partial charge >= 0.3 is 0 Å². The molecule has 0 N–H and O–H groups in total. The van der Waals surface area contributed by atoms with Crippen LogP contribution < -0.4 is 9.47 Å². The van der Waals surface area contributed by atoms with Gasteiger partial charge in [0.25, 0.3) is 0 Å². The van der Waals surface area contributed by atoms with Gasteiger partial charge in [-0.15, -0.1) is 0 Å². The molecule has 0 radical (unpaired) electrons. The third-order valence-electron chi connectivity index (χ3n) is 5.00. The van der Waals surface area contributed by atoms with Gasteiger partial charge in [0, 0.05) is 25.2 Å². The van der Waals surface area contributed by atoms with Crippen LogP contribution in [0.1, 0.15) is 43.9 Å². The Kier molecular flexibility index (Phi) is 4.09. The van der Waals surface area contributed by atoms with Gasteiger partial charge in [-0.05, 0) is 56.4 Å². The Morgan fingerprint density at radius 2 is 1.71 bits per heavy atom. The molecular formula is C17H26N2O2. The third kappa shape index (κ3) is 2.51. The van der Waals surface area contributed by atoms with Gasteiger partial charge in [0.1, 0.15) is 0 Å². The van der Waals surface area contributed by atoms with Gasteiger partial charge in [0.15, 0.2) is 11.5 Å². The number of hydrogen-bond donors (Lipinski definition) is 0. The van der Waals surface area contributed by atoms with Crippen molar-refractivity contribution in [3.05, 3.63) is 23.3 Å². The predicted octanol–water partition coefficient (Wildman–Crippen LogP) is 3.02. The van der Waals surface area contributed by atoms with Crippen molar-refractivity contribution in [3.63, 3.8) is 0 Å². The smallest absolute Gasteiger partial charge is 0.161 e. The maximum atomic E-state index is 5.48. The van der Waals surface area contributed by atoms with Crippen LogP contribution in [0, 0.1) is 0 Å². The summed E-state index contributed by atoms with van der Waals surface area (Å²) in [5.41, 5.74) is 2.77. The normalized spacial score (nSPS) is 26.7. The Morgan fingerprint density at radius 1 is 1.00 bits per heavy atom. The van der Waals surface area contributed by atoms with Crippen LogP contribution in [-0.2, 0) is 6.42 Å². The SMILES string of the molecule is COc1cc2c(cc1OC)[C@@H](C)N(N1CCC[C@H]1C)CC2. The molecule has 2 atom stereocenters. The fourth-order valence-corrected chi connectivity index (χ4v) is 3.78. The van der Waals surface area contributed by atoms with Crippen LogP contribution in [0.3, 0.4) is 0 Å². The Bertz CT molecular complexity index is 518. The molecule has 0 aromatic heterocycles. The molecule has 3 rings (SSSR count). The van der Waals surface area contributed by atoms with E-state index in [1.807, 2.05) is 0 Å². The summed E-state index contributed by atoms with van der Waals surface area (Å²) in [4.78, 5) is 0. The monoisotopic (exact) mass is 290 g/mol. The van der Waals surface area contributed by atoms with Crippen molar-refractivity contribution < 1.29 is 9.47 Å². The Morgan fingerprint density at radius 3 is 2.33 bits per heavy atom. The molecule has 21 heavy (non-hydrogen) atoms. The second-order valence-electron chi connectivity index (χ2n) is 6.15. The van der Waals surface area contributed by atoms with E-state index in [-0.39, 0.29) is 0 Å². The first-order valence-corrected chi connectivity index (χ1v) is 7.93. The molecule has 0 amide bonds. The molecule has 2 aliphatic heterocycles. The molecule has 0 saturated carbocycles. The van der Waals surface area contributed by atoms with E-state index in [0.29, 0.717) is 12.1 Å². The predicted molar refractivity (Wildman–Crippen MR) is 83.8 cm³/mol. The fraction of sp³-hybridized carbons (Fsp3) is 0.647. The first kappa shape index (κ1) is 14.7. The van der Waals surface area contributed by atoms with Crippen LogP contribution in [0.4, 0.5) is 0 Å². The molecule has 1 aromatic rings. The zero-order chi connectivity index (χ0) is 15.0. The van der Waals surface area contributed by atoms with E-state index in [9.17, 15) is 0 Å². The van der Waals surface area contributed by atoms with Gasteiger partial charge in [-0.25, -0.2) is 10.0 Å². The quantitative estimate of drug-likeness (QED) is 0.854. The zero-order valence-electron chi connectivity index (χ0n) is 13.6. The first-order chi connectivity index (χ1) is 10.2. The Balaban J connectivity index is 1.92. The van der Waals surface area contributed by atoms with Crippen molar-refractivity contribution in [2.45, 2.75) is 45.2 Å². The summed E-state index contributed by atoms with van der Waals surface area (Å²) in [6.45, 7) is 6.92. The molecule has 0 spiro atoms. The summed E-state index contributed by atoms with van der Waals surface area (Å²) >= 11 is 0. The topological polar surface area (TPSA) is 24.9 Å². The molecule has 2 aliphatic rings. The van der Waals surface area contributed by atoms with Crippen LogP contribution in [0.2, 0.25) is 0 Å². The largest absolute Gasteiger partial charge is 0.493 e. The molecule has 1 aromatic carbocycles. The van der Waals surface area contributed by atoms with E-state index in [1.54, 1.807) is 14.2 Å². The van der Waals surface area contributed by atoms with Gasteiger partial charge in [-0.2, -0.15) is 0 Å². The van der Waals surface area contributed by atoms with Crippen molar-refractivity contribution in [1.29, 1.82) is 0 Å². The van der Waals surface area contributed by atoms with Crippen LogP contribution in [-0.4, -0.2) is 43.4 Å². The van der Waals surface area contributed by atoms with Crippen molar-refractivity contribution in [2.24, 2.45) is 0 Å². The van der Waals surface area contributed by atoms with Gasteiger partial charge in [0.2, 0.25) is 0 Å². The van der Waals surface area contributed by atoms with Crippen LogP contribution in [0.15, 0.2) is 12.1 Å². The maximum Gasteiger partial charge on any atom is 0.161 e. The minimum atomic E-state index is 0.397. The number of methoxy groups -OCH3 is 2. The summed E-state index contributed by atoms with van der Waals surface area (Å²) in [6.07, 6.45) is 3.69. The highest BCUT2D eigenvalue weighted by Crippen LogP contribution is 2.39. The standard InChI is InChI=1S/C17H26N2O2/c1-12-6-5-8-18(12)19-9-7-14-10-16(20-3)17(21-4)11-15(14)13(19)2/h10-13H,5-9H2,1-4H3/t12-,13-/m1/s1. The highest BCUT2D eigenvalue weighted by Gasteiger charge is 2.33. The minimum Gasteiger partial charge on any atom is -0.493 e. The summed E-state index contributed by atoms with van der Waals surface area (Å²) in [5.74, 6) is 1.67. The molecule has 1 fully saturated rings. The van der Waals surface area contributed by atoms with Crippen molar-refractivity contribution in [2.75, 3.05) is 27.3 Å². The molecule has 0 unspecified atom stereocenters. The molecule has 116 valence electrons. The summed E-state index contributed by atoms with van der Waals surface area (Å²) in [5, 5.41) is 5.11. The number of rotatable bonds is 3. The average molecular weight is 290 g/mol. The van der Waals surface area contributed by atoms with E-state index in [2.05, 4.69) is 36.0 Å². The lowest BCUT2D eigenvalue weighted by Crippen LogP contribution is -2.48. The summed E-state index contributed by atoms with van der Waals surface area (Å²) < 4.78 is 10.9. The number of hydrogen-bond acceptors (Lipinski definition) is 4. The lowest BCUT2D eigenvalue weighted by molar-refractivity contribution is -0.0679. The molecule has 4 nitrogen and oxygen atoms in total. The Labute approximate surface area is 127 Å². The summed E-state index contributed by atoms with van der Waals surface area (Å²) in [6, 6.07) is 5.37. The van der Waals surface area contributed by atoms with Crippen molar-refractivity contribution in [3.8, 4) is 11.5 Å². The number of hydrazine groups is 1. The highest BCUT2D eigenvalue weighted by atomic mass is 16.5. The third-order valence-corrected chi connectivity index (χ3v) is 5.00. The average Bonchev–Trinajstić information content (AvgIpc) is 2.92. The Hall–Kier alpha value is -1.26. The second kappa shape index (κ2) is 5.85. The van der Waals surface area contributed by atoms with E-state index >= 15 is 0 Å². The fourth-order valence-electron chi connectivity index (χ4n) is 3.78. The molecule has 2 heterocycles. The molecule has 0 bridgehead atoms. The second-order valence-corrected chi connectivity index (χ2v) is 6.15. The van der Waals surface area contributed by atoms with E-state index in [4.69, 9.17) is 9.47 Å². The molecule has 0 aliphatic carbocycles. The number of benzene rings is 1. The highest BCUT2D eigenvalue weighted by molar-refractivity contribution is 5.49. The minimum absolute atomic E-state index is 0.397.